The van der Waals surface area contributed by atoms with E-state index in [1.807, 2.05) is 37.3 Å². The normalized spacial score (nSPS) is 17.9. The predicted molar refractivity (Wildman–Crippen MR) is 89.6 cm³/mol. The summed E-state index contributed by atoms with van der Waals surface area (Å²) in [7, 11) is 0. The molecule has 3 heterocycles. The van der Waals surface area contributed by atoms with Crippen LogP contribution >= 0.6 is 0 Å². The van der Waals surface area contributed by atoms with Crippen molar-refractivity contribution in [2.24, 2.45) is 0 Å². The topological polar surface area (TPSA) is 64.3 Å². The number of morpholine rings is 1. The van der Waals surface area contributed by atoms with Crippen LogP contribution in [-0.2, 0) is 4.74 Å². The summed E-state index contributed by atoms with van der Waals surface area (Å²) in [6, 6.07) is 14.1. The van der Waals surface area contributed by atoms with Crippen LogP contribution < -0.4 is 4.90 Å². The number of anilines is 1. The molecular weight excluding hydrogens is 304 g/mol. The molecule has 3 aromatic rings. The van der Waals surface area contributed by atoms with Gasteiger partial charge in [-0.25, -0.2) is 4.98 Å². The van der Waals surface area contributed by atoms with Crippen LogP contribution in [-0.4, -0.2) is 34.8 Å². The summed E-state index contributed by atoms with van der Waals surface area (Å²) in [5.41, 5.74) is 2.06. The molecule has 0 radical (unpaired) electrons. The summed E-state index contributed by atoms with van der Waals surface area (Å²) in [5, 5.41) is 3.85. The first-order valence-corrected chi connectivity index (χ1v) is 7.98. The van der Waals surface area contributed by atoms with Gasteiger partial charge in [-0.15, -0.1) is 0 Å². The van der Waals surface area contributed by atoms with Crippen LogP contribution in [0.2, 0.25) is 0 Å². The molecule has 1 fully saturated rings. The molecule has 0 aliphatic carbocycles. The van der Waals surface area contributed by atoms with Crippen molar-refractivity contribution in [3.8, 4) is 11.5 Å². The number of rotatable bonds is 3. The van der Waals surface area contributed by atoms with Gasteiger partial charge in [0.15, 0.2) is 5.82 Å². The molecule has 4 rings (SSSR count). The number of benzene rings is 1. The summed E-state index contributed by atoms with van der Waals surface area (Å²) < 4.78 is 11.2. The van der Waals surface area contributed by atoms with E-state index < -0.39 is 0 Å². The van der Waals surface area contributed by atoms with Crippen LogP contribution in [0.4, 0.5) is 5.82 Å². The maximum absolute atomic E-state index is 5.92. The SMILES string of the molecule is Cc1noc(-c2ccnc(N3CCO[C@H](c4ccccc4)C3)c2)n1. The van der Waals surface area contributed by atoms with Crippen LogP contribution in [0.5, 0.6) is 0 Å². The molecule has 1 saturated heterocycles. The fourth-order valence-electron chi connectivity index (χ4n) is 2.87. The van der Waals surface area contributed by atoms with E-state index in [-0.39, 0.29) is 6.10 Å². The third kappa shape index (κ3) is 3.00. The Hall–Kier alpha value is -2.73. The molecule has 0 bridgehead atoms. The number of aryl methyl sites for hydroxylation is 1. The lowest BCUT2D eigenvalue weighted by atomic mass is 10.1. The number of hydrogen-bond donors (Lipinski definition) is 0. The second-order valence-corrected chi connectivity index (χ2v) is 5.77. The number of aromatic nitrogens is 3. The first-order chi connectivity index (χ1) is 11.8. The molecule has 2 aromatic heterocycles. The number of pyridine rings is 1. The third-order valence-electron chi connectivity index (χ3n) is 4.08. The minimum absolute atomic E-state index is 0.0519. The lowest BCUT2D eigenvalue weighted by Gasteiger charge is -2.34. The second-order valence-electron chi connectivity index (χ2n) is 5.77. The fourth-order valence-corrected chi connectivity index (χ4v) is 2.87. The molecule has 6 nitrogen and oxygen atoms in total. The van der Waals surface area contributed by atoms with Crippen molar-refractivity contribution < 1.29 is 9.26 Å². The van der Waals surface area contributed by atoms with Gasteiger partial charge in [0.05, 0.1) is 6.61 Å². The van der Waals surface area contributed by atoms with Gasteiger partial charge < -0.3 is 14.2 Å². The van der Waals surface area contributed by atoms with E-state index in [1.165, 1.54) is 5.56 Å². The molecule has 0 unspecified atom stereocenters. The van der Waals surface area contributed by atoms with E-state index in [0.717, 1.165) is 24.5 Å². The van der Waals surface area contributed by atoms with E-state index in [9.17, 15) is 0 Å². The Bertz CT molecular complexity index is 819. The highest BCUT2D eigenvalue weighted by Gasteiger charge is 2.23. The zero-order chi connectivity index (χ0) is 16.4. The van der Waals surface area contributed by atoms with Crippen molar-refractivity contribution in [1.82, 2.24) is 15.1 Å². The van der Waals surface area contributed by atoms with E-state index >= 15 is 0 Å². The molecule has 6 heteroatoms. The third-order valence-corrected chi connectivity index (χ3v) is 4.08. The number of hydrogen-bond acceptors (Lipinski definition) is 6. The minimum atomic E-state index is 0.0519. The molecule has 24 heavy (non-hydrogen) atoms. The molecule has 1 aliphatic rings. The lowest BCUT2D eigenvalue weighted by Crippen LogP contribution is -2.38. The van der Waals surface area contributed by atoms with Crippen molar-refractivity contribution in [3.63, 3.8) is 0 Å². The molecule has 0 amide bonds. The standard InChI is InChI=1S/C18H18N4O2/c1-13-20-18(24-21-13)15-7-8-19-17(11-15)22-9-10-23-16(12-22)14-5-3-2-4-6-14/h2-8,11,16H,9-10,12H2,1H3/t16-/m0/s1. The first kappa shape index (κ1) is 14.8. The van der Waals surface area contributed by atoms with Crippen LogP contribution in [0.15, 0.2) is 53.2 Å². The van der Waals surface area contributed by atoms with Crippen molar-refractivity contribution in [1.29, 1.82) is 0 Å². The predicted octanol–water partition coefficient (Wildman–Crippen LogP) is 3.02. The Balaban J connectivity index is 1.57. The summed E-state index contributed by atoms with van der Waals surface area (Å²) in [6.07, 6.45) is 1.83. The van der Waals surface area contributed by atoms with E-state index in [1.54, 1.807) is 6.20 Å². The quantitative estimate of drug-likeness (QED) is 0.738. The van der Waals surface area contributed by atoms with Gasteiger partial charge in [0.25, 0.3) is 5.89 Å². The molecule has 0 N–H and O–H groups in total. The molecule has 0 spiro atoms. The van der Waals surface area contributed by atoms with Crippen molar-refractivity contribution in [2.75, 3.05) is 24.6 Å². The van der Waals surface area contributed by atoms with Gasteiger partial charge in [-0.05, 0) is 24.6 Å². The highest BCUT2D eigenvalue weighted by atomic mass is 16.5. The van der Waals surface area contributed by atoms with E-state index in [0.29, 0.717) is 18.3 Å². The maximum Gasteiger partial charge on any atom is 0.258 e. The molecular formula is C18H18N4O2. The highest BCUT2D eigenvalue weighted by molar-refractivity contribution is 5.58. The van der Waals surface area contributed by atoms with Gasteiger partial charge >= 0.3 is 0 Å². The van der Waals surface area contributed by atoms with E-state index in [4.69, 9.17) is 9.26 Å². The zero-order valence-electron chi connectivity index (χ0n) is 13.4. The second kappa shape index (κ2) is 6.41. The molecule has 1 aliphatic heterocycles. The van der Waals surface area contributed by atoms with Crippen molar-refractivity contribution in [3.05, 3.63) is 60.0 Å². The molecule has 0 saturated carbocycles. The van der Waals surface area contributed by atoms with Gasteiger partial charge in [0, 0.05) is 24.8 Å². The molecule has 1 atom stereocenters. The van der Waals surface area contributed by atoms with Gasteiger partial charge in [0.1, 0.15) is 11.9 Å². The smallest absolute Gasteiger partial charge is 0.258 e. The summed E-state index contributed by atoms with van der Waals surface area (Å²) >= 11 is 0. The Labute approximate surface area is 140 Å². The summed E-state index contributed by atoms with van der Waals surface area (Å²) in [6.45, 7) is 4.05. The summed E-state index contributed by atoms with van der Waals surface area (Å²) in [5.74, 6) is 2.04. The number of nitrogens with zero attached hydrogens (tertiary/aromatic N) is 4. The molecule has 1 aromatic carbocycles. The van der Waals surface area contributed by atoms with Crippen molar-refractivity contribution >= 4 is 5.82 Å². The van der Waals surface area contributed by atoms with Crippen molar-refractivity contribution in [2.45, 2.75) is 13.0 Å². The van der Waals surface area contributed by atoms with Crippen LogP contribution in [0.25, 0.3) is 11.5 Å². The Kier molecular flexibility index (Phi) is 3.96. The maximum atomic E-state index is 5.92. The van der Waals surface area contributed by atoms with Crippen LogP contribution in [0, 0.1) is 6.92 Å². The number of ether oxygens (including phenoxy) is 1. The Morgan fingerprint density at radius 2 is 2.04 bits per heavy atom. The van der Waals surface area contributed by atoms with Gasteiger partial charge in [-0.1, -0.05) is 35.5 Å². The largest absolute Gasteiger partial charge is 0.370 e. The van der Waals surface area contributed by atoms with Gasteiger partial charge in [0.2, 0.25) is 0 Å². The zero-order valence-corrected chi connectivity index (χ0v) is 13.4. The molecule has 122 valence electrons. The Morgan fingerprint density at radius 3 is 2.83 bits per heavy atom. The lowest BCUT2D eigenvalue weighted by molar-refractivity contribution is 0.0395. The monoisotopic (exact) mass is 322 g/mol. The Morgan fingerprint density at radius 1 is 1.17 bits per heavy atom. The van der Waals surface area contributed by atoms with Crippen LogP contribution in [0.3, 0.4) is 0 Å². The van der Waals surface area contributed by atoms with Gasteiger partial charge in [-0.3, -0.25) is 0 Å². The average Bonchev–Trinajstić information content (AvgIpc) is 3.09. The minimum Gasteiger partial charge on any atom is -0.370 e. The average molecular weight is 322 g/mol. The van der Waals surface area contributed by atoms with E-state index in [2.05, 4.69) is 32.2 Å². The van der Waals surface area contributed by atoms with Gasteiger partial charge in [-0.2, -0.15) is 4.98 Å². The summed E-state index contributed by atoms with van der Waals surface area (Å²) in [4.78, 5) is 11.0. The highest BCUT2D eigenvalue weighted by Crippen LogP contribution is 2.27. The van der Waals surface area contributed by atoms with Crippen LogP contribution in [0.1, 0.15) is 17.5 Å². The first-order valence-electron chi connectivity index (χ1n) is 7.98. The fraction of sp³-hybridized carbons (Fsp3) is 0.278.